The molecule has 0 radical (unpaired) electrons. The Bertz CT molecular complexity index is 628. The van der Waals surface area contributed by atoms with Crippen LogP contribution in [0.15, 0.2) is 18.2 Å². The molecule has 0 fully saturated rings. The van der Waals surface area contributed by atoms with Crippen LogP contribution in [0.1, 0.15) is 121 Å². The molecule has 0 unspecified atom stereocenters. The van der Waals surface area contributed by atoms with E-state index in [0.29, 0.717) is 0 Å². The van der Waals surface area contributed by atoms with Crippen molar-refractivity contribution in [2.75, 3.05) is 0 Å². The van der Waals surface area contributed by atoms with Gasteiger partial charge in [-0.3, -0.25) is 0 Å². The van der Waals surface area contributed by atoms with Gasteiger partial charge in [0.2, 0.25) is 0 Å². The van der Waals surface area contributed by atoms with Crippen molar-refractivity contribution in [3.05, 3.63) is 29.6 Å². The zero-order valence-corrected chi connectivity index (χ0v) is 18.7. The van der Waals surface area contributed by atoms with E-state index in [4.69, 9.17) is 0 Å². The number of aryl methyl sites for hydroxylation is 2. The Labute approximate surface area is 173 Å². The van der Waals surface area contributed by atoms with Gasteiger partial charge in [-0.05, 0) is 31.4 Å². The Morgan fingerprint density at radius 2 is 1.18 bits per heavy atom. The zero-order chi connectivity index (χ0) is 19.9. The summed E-state index contributed by atoms with van der Waals surface area (Å²) in [6.07, 6.45) is 24.0. The SMILES string of the molecule is CCCCCCCCCCCCCCCCCCc1cccc2[nH]c(C)nc12. The number of hydrogen-bond donors (Lipinski definition) is 1. The van der Waals surface area contributed by atoms with Gasteiger partial charge in [-0.2, -0.15) is 0 Å². The number of para-hydroxylation sites is 1. The molecule has 0 bridgehead atoms. The van der Waals surface area contributed by atoms with E-state index in [-0.39, 0.29) is 0 Å². The molecule has 0 aliphatic rings. The van der Waals surface area contributed by atoms with E-state index in [0.717, 1.165) is 5.82 Å². The van der Waals surface area contributed by atoms with Crippen molar-refractivity contribution in [1.29, 1.82) is 0 Å². The standard InChI is InChI=1S/C26H44N2/c1-3-4-5-6-7-8-9-10-11-12-13-14-15-16-17-18-20-24-21-19-22-25-26(24)28-23(2)27-25/h19,21-22H,3-18,20H2,1-2H3,(H,27,28). The summed E-state index contributed by atoms with van der Waals surface area (Å²) in [6, 6.07) is 6.53. The number of fused-ring (bicyclic) bond motifs is 1. The maximum absolute atomic E-state index is 4.65. The topological polar surface area (TPSA) is 28.7 Å². The molecular weight excluding hydrogens is 340 g/mol. The first kappa shape index (κ1) is 23.0. The number of imidazole rings is 1. The van der Waals surface area contributed by atoms with Gasteiger partial charge in [-0.15, -0.1) is 0 Å². The summed E-state index contributed by atoms with van der Waals surface area (Å²) < 4.78 is 0. The Balaban J connectivity index is 1.37. The molecule has 1 N–H and O–H groups in total. The van der Waals surface area contributed by atoms with Crippen LogP contribution in [0.2, 0.25) is 0 Å². The van der Waals surface area contributed by atoms with Crippen LogP contribution < -0.4 is 0 Å². The number of benzene rings is 1. The average molecular weight is 385 g/mol. The van der Waals surface area contributed by atoms with E-state index in [9.17, 15) is 0 Å². The molecule has 0 amide bonds. The van der Waals surface area contributed by atoms with Gasteiger partial charge in [0.1, 0.15) is 5.82 Å². The van der Waals surface area contributed by atoms with Gasteiger partial charge in [0, 0.05) is 0 Å². The minimum absolute atomic E-state index is 1.02. The van der Waals surface area contributed by atoms with Crippen LogP contribution in [0.3, 0.4) is 0 Å². The normalized spacial score (nSPS) is 11.5. The molecule has 2 heteroatoms. The van der Waals surface area contributed by atoms with Gasteiger partial charge in [-0.25, -0.2) is 4.98 Å². The molecule has 0 aliphatic heterocycles. The number of H-pyrrole nitrogens is 1. The lowest BCUT2D eigenvalue weighted by molar-refractivity contribution is 0.529. The highest BCUT2D eigenvalue weighted by Gasteiger charge is 2.04. The van der Waals surface area contributed by atoms with Crippen molar-refractivity contribution in [1.82, 2.24) is 9.97 Å². The minimum Gasteiger partial charge on any atom is -0.342 e. The first-order valence-corrected chi connectivity index (χ1v) is 12.3. The van der Waals surface area contributed by atoms with Crippen molar-refractivity contribution in [2.24, 2.45) is 0 Å². The zero-order valence-electron chi connectivity index (χ0n) is 18.7. The highest BCUT2D eigenvalue weighted by molar-refractivity contribution is 5.78. The number of aromatic amines is 1. The number of aromatic nitrogens is 2. The molecule has 1 heterocycles. The van der Waals surface area contributed by atoms with Crippen molar-refractivity contribution in [3.8, 4) is 0 Å². The molecule has 0 saturated heterocycles. The van der Waals surface area contributed by atoms with E-state index >= 15 is 0 Å². The average Bonchev–Trinajstić information content (AvgIpc) is 3.08. The van der Waals surface area contributed by atoms with Gasteiger partial charge in [-0.1, -0.05) is 115 Å². The molecular formula is C26H44N2. The second kappa shape index (κ2) is 14.7. The van der Waals surface area contributed by atoms with E-state index in [1.807, 2.05) is 6.92 Å². The lowest BCUT2D eigenvalue weighted by atomic mass is 10.0. The monoisotopic (exact) mass is 384 g/mol. The summed E-state index contributed by atoms with van der Waals surface area (Å²) >= 11 is 0. The predicted octanol–water partition coefficient (Wildman–Crippen LogP) is 8.68. The van der Waals surface area contributed by atoms with Crippen LogP contribution in [-0.4, -0.2) is 9.97 Å². The lowest BCUT2D eigenvalue weighted by Gasteiger charge is -2.04. The Kier molecular flexibility index (Phi) is 12.0. The summed E-state index contributed by atoms with van der Waals surface area (Å²) in [7, 11) is 0. The maximum Gasteiger partial charge on any atom is 0.104 e. The third-order valence-electron chi connectivity index (χ3n) is 6.01. The number of nitrogens with one attached hydrogen (secondary N) is 1. The first-order valence-electron chi connectivity index (χ1n) is 12.3. The predicted molar refractivity (Wildman–Crippen MR) is 124 cm³/mol. The quantitative estimate of drug-likeness (QED) is 0.271. The number of nitrogens with zero attached hydrogens (tertiary/aromatic N) is 1. The summed E-state index contributed by atoms with van der Waals surface area (Å²) in [6.45, 7) is 4.34. The summed E-state index contributed by atoms with van der Waals surface area (Å²) in [5, 5.41) is 0. The molecule has 2 aromatic rings. The highest BCUT2D eigenvalue weighted by Crippen LogP contribution is 2.19. The van der Waals surface area contributed by atoms with Crippen LogP contribution in [0.25, 0.3) is 11.0 Å². The largest absolute Gasteiger partial charge is 0.342 e. The summed E-state index contributed by atoms with van der Waals surface area (Å²) in [5.74, 6) is 1.02. The number of rotatable bonds is 17. The molecule has 2 nitrogen and oxygen atoms in total. The van der Waals surface area contributed by atoms with Crippen molar-refractivity contribution in [2.45, 2.75) is 123 Å². The van der Waals surface area contributed by atoms with Crippen LogP contribution in [-0.2, 0) is 6.42 Å². The molecule has 1 aromatic carbocycles. The fourth-order valence-electron chi connectivity index (χ4n) is 4.28. The highest BCUT2D eigenvalue weighted by atomic mass is 14.9. The second-order valence-corrected chi connectivity index (χ2v) is 8.69. The molecule has 158 valence electrons. The Hall–Kier alpha value is -1.31. The van der Waals surface area contributed by atoms with E-state index in [2.05, 4.69) is 35.1 Å². The molecule has 0 saturated carbocycles. The molecule has 28 heavy (non-hydrogen) atoms. The van der Waals surface area contributed by atoms with Crippen LogP contribution >= 0.6 is 0 Å². The molecule has 0 aliphatic carbocycles. The van der Waals surface area contributed by atoms with Crippen LogP contribution in [0.5, 0.6) is 0 Å². The van der Waals surface area contributed by atoms with Gasteiger partial charge >= 0.3 is 0 Å². The van der Waals surface area contributed by atoms with Gasteiger partial charge < -0.3 is 4.98 Å². The van der Waals surface area contributed by atoms with Crippen molar-refractivity contribution in [3.63, 3.8) is 0 Å². The van der Waals surface area contributed by atoms with E-state index in [1.165, 1.54) is 126 Å². The number of hydrogen-bond acceptors (Lipinski definition) is 1. The van der Waals surface area contributed by atoms with E-state index < -0.39 is 0 Å². The lowest BCUT2D eigenvalue weighted by Crippen LogP contribution is -1.88. The molecule has 1 aromatic heterocycles. The third kappa shape index (κ3) is 9.26. The summed E-state index contributed by atoms with van der Waals surface area (Å²) in [5.41, 5.74) is 3.78. The second-order valence-electron chi connectivity index (χ2n) is 8.69. The number of unbranched alkanes of at least 4 members (excludes halogenated alkanes) is 15. The van der Waals surface area contributed by atoms with Crippen molar-refractivity contribution >= 4 is 11.0 Å². The van der Waals surface area contributed by atoms with Crippen molar-refractivity contribution < 1.29 is 0 Å². The molecule has 2 rings (SSSR count). The molecule has 0 atom stereocenters. The summed E-state index contributed by atoms with van der Waals surface area (Å²) in [4.78, 5) is 7.99. The third-order valence-corrected chi connectivity index (χ3v) is 6.01. The fourth-order valence-corrected chi connectivity index (χ4v) is 4.28. The van der Waals surface area contributed by atoms with Gasteiger partial charge in [0.05, 0.1) is 11.0 Å². The maximum atomic E-state index is 4.65. The van der Waals surface area contributed by atoms with Crippen LogP contribution in [0, 0.1) is 6.92 Å². The van der Waals surface area contributed by atoms with Gasteiger partial charge in [0.25, 0.3) is 0 Å². The first-order chi connectivity index (χ1) is 13.8. The Morgan fingerprint density at radius 1 is 0.679 bits per heavy atom. The van der Waals surface area contributed by atoms with E-state index in [1.54, 1.807) is 0 Å². The van der Waals surface area contributed by atoms with Gasteiger partial charge in [0.15, 0.2) is 0 Å². The molecule has 0 spiro atoms. The van der Waals surface area contributed by atoms with Crippen LogP contribution in [0.4, 0.5) is 0 Å². The minimum atomic E-state index is 1.02. The fraction of sp³-hybridized carbons (Fsp3) is 0.731. The smallest absolute Gasteiger partial charge is 0.104 e. The Morgan fingerprint density at radius 3 is 1.71 bits per heavy atom.